The molecule has 1 aromatic heterocycles. The molecule has 2 aromatic rings. The Morgan fingerprint density at radius 2 is 2.05 bits per heavy atom. The molecule has 0 saturated carbocycles. The summed E-state index contributed by atoms with van der Waals surface area (Å²) in [6, 6.07) is 1.97. The molecule has 1 aromatic carbocycles. The molecule has 0 aliphatic carbocycles. The van der Waals surface area contributed by atoms with Gasteiger partial charge in [0.05, 0.1) is 16.3 Å². The van der Waals surface area contributed by atoms with E-state index in [-0.39, 0.29) is 0 Å². The zero-order valence-corrected chi connectivity index (χ0v) is 13.2. The van der Waals surface area contributed by atoms with E-state index in [4.69, 9.17) is 22.1 Å². The normalized spacial score (nSPS) is 11.7. The second-order valence-corrected chi connectivity index (χ2v) is 6.80. The van der Waals surface area contributed by atoms with E-state index in [9.17, 15) is 0 Å². The first-order valence-corrected chi connectivity index (χ1v) is 7.60. The van der Waals surface area contributed by atoms with E-state index >= 15 is 0 Å². The predicted octanol–water partition coefficient (Wildman–Crippen LogP) is 4.69. The highest BCUT2D eigenvalue weighted by Crippen LogP contribution is 2.41. The maximum atomic E-state index is 6.31. The third-order valence-corrected chi connectivity index (χ3v) is 4.13. The molecule has 1 heterocycles. The largest absolute Gasteiger partial charge is 0.491 e. The molecule has 0 spiro atoms. The lowest BCUT2D eigenvalue weighted by molar-refractivity contribution is 0.270. The molecule has 0 aliphatic heterocycles. The van der Waals surface area contributed by atoms with Crippen LogP contribution < -0.4 is 10.5 Å². The zero-order chi connectivity index (χ0) is 14.2. The maximum absolute atomic E-state index is 6.31. The van der Waals surface area contributed by atoms with Crippen molar-refractivity contribution in [3.8, 4) is 5.75 Å². The van der Waals surface area contributed by atoms with Gasteiger partial charge < -0.3 is 10.5 Å². The van der Waals surface area contributed by atoms with Crippen molar-refractivity contribution in [3.63, 3.8) is 0 Å². The van der Waals surface area contributed by atoms with Crippen molar-refractivity contribution in [1.29, 1.82) is 0 Å². The standard InChI is InChI=1S/C14H19ClN2OS/c1-7(2)6-18-12-9(8(3)4)5-10(15)13-11(12)17-14(16)19-13/h5,7-8H,6H2,1-4H3,(H2,16,17). The predicted molar refractivity (Wildman–Crippen MR) is 83.5 cm³/mol. The van der Waals surface area contributed by atoms with Crippen molar-refractivity contribution < 1.29 is 4.74 Å². The number of rotatable bonds is 4. The molecule has 2 N–H and O–H groups in total. The molecule has 0 atom stereocenters. The summed E-state index contributed by atoms with van der Waals surface area (Å²) in [7, 11) is 0. The van der Waals surface area contributed by atoms with E-state index < -0.39 is 0 Å². The van der Waals surface area contributed by atoms with Crippen LogP contribution >= 0.6 is 22.9 Å². The second-order valence-electron chi connectivity index (χ2n) is 5.37. The third-order valence-electron chi connectivity index (χ3n) is 2.80. The number of nitrogens with zero attached hydrogens (tertiary/aromatic N) is 1. The van der Waals surface area contributed by atoms with E-state index in [0.717, 1.165) is 21.5 Å². The Labute approximate surface area is 122 Å². The Bertz CT molecular complexity index is 593. The summed E-state index contributed by atoms with van der Waals surface area (Å²) in [5.74, 6) is 1.62. The van der Waals surface area contributed by atoms with E-state index in [2.05, 4.69) is 32.7 Å². The van der Waals surface area contributed by atoms with Gasteiger partial charge in [0, 0.05) is 5.56 Å². The highest BCUT2D eigenvalue weighted by Gasteiger charge is 2.19. The summed E-state index contributed by atoms with van der Waals surface area (Å²) in [5.41, 5.74) is 7.68. The number of anilines is 1. The van der Waals surface area contributed by atoms with Gasteiger partial charge in [0.15, 0.2) is 5.13 Å². The van der Waals surface area contributed by atoms with E-state index in [1.807, 2.05) is 6.07 Å². The van der Waals surface area contributed by atoms with E-state index in [0.29, 0.717) is 28.6 Å². The molecule has 5 heteroatoms. The average Bonchev–Trinajstić information content (AvgIpc) is 2.69. The minimum absolute atomic E-state index is 0.326. The minimum atomic E-state index is 0.326. The van der Waals surface area contributed by atoms with Crippen LogP contribution in [0.1, 0.15) is 39.2 Å². The van der Waals surface area contributed by atoms with Crippen LogP contribution in [-0.4, -0.2) is 11.6 Å². The first kappa shape index (κ1) is 14.4. The van der Waals surface area contributed by atoms with E-state index in [1.165, 1.54) is 11.3 Å². The fourth-order valence-corrected chi connectivity index (χ4v) is 2.95. The Kier molecular flexibility index (Phi) is 4.21. The summed E-state index contributed by atoms with van der Waals surface area (Å²) >= 11 is 7.72. The number of aromatic nitrogens is 1. The molecular formula is C14H19ClN2OS. The average molecular weight is 299 g/mol. The number of hydrogen-bond acceptors (Lipinski definition) is 4. The highest BCUT2D eigenvalue weighted by atomic mass is 35.5. The molecule has 0 radical (unpaired) electrons. The number of benzene rings is 1. The molecule has 2 rings (SSSR count). The molecule has 0 amide bonds. The van der Waals surface area contributed by atoms with Crippen LogP contribution in [0.5, 0.6) is 5.75 Å². The first-order chi connectivity index (χ1) is 8.90. The van der Waals surface area contributed by atoms with Crippen molar-refractivity contribution in [1.82, 2.24) is 4.98 Å². The first-order valence-electron chi connectivity index (χ1n) is 6.41. The lowest BCUT2D eigenvalue weighted by atomic mass is 10.0. The number of nitrogens with two attached hydrogens (primary N) is 1. The quantitative estimate of drug-likeness (QED) is 0.890. The summed E-state index contributed by atoms with van der Waals surface area (Å²) in [6.45, 7) is 9.15. The van der Waals surface area contributed by atoms with Crippen LogP contribution in [0.3, 0.4) is 0 Å². The van der Waals surface area contributed by atoms with Crippen LogP contribution in [-0.2, 0) is 0 Å². The lowest BCUT2D eigenvalue weighted by Gasteiger charge is -2.16. The van der Waals surface area contributed by atoms with Crippen molar-refractivity contribution in [2.45, 2.75) is 33.6 Å². The SMILES string of the molecule is CC(C)COc1c(C(C)C)cc(Cl)c2sc(N)nc12. The van der Waals surface area contributed by atoms with Gasteiger partial charge in [-0.15, -0.1) is 0 Å². The lowest BCUT2D eigenvalue weighted by Crippen LogP contribution is -2.07. The number of fused-ring (bicyclic) bond motifs is 1. The van der Waals surface area contributed by atoms with Crippen molar-refractivity contribution >= 4 is 38.3 Å². The zero-order valence-electron chi connectivity index (χ0n) is 11.7. The fourth-order valence-electron chi connectivity index (χ4n) is 1.89. The van der Waals surface area contributed by atoms with Gasteiger partial charge in [-0.05, 0) is 17.9 Å². The molecule has 0 unspecified atom stereocenters. The molecule has 0 bridgehead atoms. The smallest absolute Gasteiger partial charge is 0.181 e. The Morgan fingerprint density at radius 3 is 2.63 bits per heavy atom. The number of halogens is 1. The Morgan fingerprint density at radius 1 is 1.37 bits per heavy atom. The van der Waals surface area contributed by atoms with Crippen LogP contribution in [0.4, 0.5) is 5.13 Å². The number of hydrogen-bond donors (Lipinski definition) is 1. The van der Waals surface area contributed by atoms with Gasteiger partial charge in [0.2, 0.25) is 0 Å². The van der Waals surface area contributed by atoms with Gasteiger partial charge in [-0.25, -0.2) is 4.98 Å². The summed E-state index contributed by atoms with van der Waals surface area (Å²) in [4.78, 5) is 4.38. The molecule has 19 heavy (non-hydrogen) atoms. The minimum Gasteiger partial charge on any atom is -0.491 e. The second kappa shape index (κ2) is 5.55. The van der Waals surface area contributed by atoms with Crippen LogP contribution in [0.15, 0.2) is 6.07 Å². The van der Waals surface area contributed by atoms with Gasteiger partial charge in [-0.2, -0.15) is 0 Å². The maximum Gasteiger partial charge on any atom is 0.181 e. The Balaban J connectivity index is 2.60. The molecule has 3 nitrogen and oxygen atoms in total. The van der Waals surface area contributed by atoms with Crippen molar-refractivity contribution in [2.75, 3.05) is 12.3 Å². The molecule has 0 aliphatic rings. The number of thiazole rings is 1. The van der Waals surface area contributed by atoms with Gasteiger partial charge in [0.25, 0.3) is 0 Å². The molecule has 104 valence electrons. The monoisotopic (exact) mass is 298 g/mol. The number of nitrogen functional groups attached to an aromatic ring is 1. The van der Waals surface area contributed by atoms with E-state index in [1.54, 1.807) is 0 Å². The van der Waals surface area contributed by atoms with Crippen LogP contribution in [0.25, 0.3) is 10.2 Å². The highest BCUT2D eigenvalue weighted by molar-refractivity contribution is 7.22. The molecule has 0 fully saturated rings. The van der Waals surface area contributed by atoms with Gasteiger partial charge in [-0.1, -0.05) is 50.6 Å². The molecular weight excluding hydrogens is 280 g/mol. The van der Waals surface area contributed by atoms with Crippen molar-refractivity contribution in [2.24, 2.45) is 5.92 Å². The van der Waals surface area contributed by atoms with Gasteiger partial charge >= 0.3 is 0 Å². The summed E-state index contributed by atoms with van der Waals surface area (Å²) < 4.78 is 6.88. The van der Waals surface area contributed by atoms with Gasteiger partial charge in [-0.3, -0.25) is 0 Å². The summed E-state index contributed by atoms with van der Waals surface area (Å²) in [6.07, 6.45) is 0. The fraction of sp³-hybridized carbons (Fsp3) is 0.500. The third kappa shape index (κ3) is 2.95. The van der Waals surface area contributed by atoms with Gasteiger partial charge in [0.1, 0.15) is 11.3 Å². The summed E-state index contributed by atoms with van der Waals surface area (Å²) in [5, 5.41) is 1.22. The van der Waals surface area contributed by atoms with Crippen LogP contribution in [0.2, 0.25) is 5.02 Å². The van der Waals surface area contributed by atoms with Crippen molar-refractivity contribution in [3.05, 3.63) is 16.7 Å². The Hall–Kier alpha value is -1.00. The number of ether oxygens (including phenoxy) is 1. The molecule has 0 saturated heterocycles. The van der Waals surface area contributed by atoms with Crippen LogP contribution in [0, 0.1) is 5.92 Å². The topological polar surface area (TPSA) is 48.1 Å².